The summed E-state index contributed by atoms with van der Waals surface area (Å²) in [4.78, 5) is 25.0. The van der Waals surface area contributed by atoms with E-state index in [1.165, 1.54) is 4.90 Å². The highest BCUT2D eigenvalue weighted by molar-refractivity contribution is 6.31. The minimum atomic E-state index is -0.409. The van der Waals surface area contributed by atoms with Gasteiger partial charge in [-0.2, -0.15) is 0 Å². The number of likely N-dealkylation sites (N-methyl/N-ethyl adjacent to an activating group) is 1. The molecule has 1 rings (SSSR count). The maximum absolute atomic E-state index is 12.2. The molecule has 0 unspecified atom stereocenters. The first-order valence-electron chi connectivity index (χ1n) is 5.76. The van der Waals surface area contributed by atoms with Crippen LogP contribution in [0.2, 0.25) is 5.02 Å². The molecule has 0 fully saturated rings. The van der Waals surface area contributed by atoms with Gasteiger partial charge >= 0.3 is 5.97 Å². The van der Waals surface area contributed by atoms with Gasteiger partial charge in [0.15, 0.2) is 0 Å². The maximum Gasteiger partial charge on any atom is 0.325 e. The zero-order chi connectivity index (χ0) is 13.7. The molecule has 0 saturated heterocycles. The second-order valence-corrected chi connectivity index (χ2v) is 4.22. The van der Waals surface area contributed by atoms with Crippen molar-refractivity contribution in [1.82, 2.24) is 9.47 Å². The van der Waals surface area contributed by atoms with Gasteiger partial charge in [-0.3, -0.25) is 9.59 Å². The Morgan fingerprint density at radius 3 is 2.56 bits per heavy atom. The van der Waals surface area contributed by atoms with E-state index in [1.807, 2.05) is 6.92 Å². The number of rotatable bonds is 5. The molecule has 1 aromatic heterocycles. The standard InChI is InChI=1S/C12H17ClN2O3/c1-4-15(8-11(16)18-5-2)12(17)10-6-9(13)7-14(10)3/h6-7H,4-5,8H2,1-3H3. The summed E-state index contributed by atoms with van der Waals surface area (Å²) in [5.41, 5.74) is 0.450. The lowest BCUT2D eigenvalue weighted by Crippen LogP contribution is -2.37. The summed E-state index contributed by atoms with van der Waals surface area (Å²) in [5.74, 6) is -0.645. The average molecular weight is 273 g/mol. The second-order valence-electron chi connectivity index (χ2n) is 3.78. The number of halogens is 1. The lowest BCUT2D eigenvalue weighted by atomic mass is 10.3. The fourth-order valence-corrected chi connectivity index (χ4v) is 1.84. The molecule has 5 nitrogen and oxygen atoms in total. The number of ether oxygens (including phenoxy) is 1. The zero-order valence-corrected chi connectivity index (χ0v) is 11.5. The Hall–Kier alpha value is -1.49. The molecule has 1 amide bonds. The molecule has 0 aliphatic heterocycles. The molecule has 0 saturated carbocycles. The number of carbonyl (C=O) groups excluding carboxylic acids is 2. The third-order valence-corrected chi connectivity index (χ3v) is 2.69. The van der Waals surface area contributed by atoms with Crippen molar-refractivity contribution in [2.24, 2.45) is 7.05 Å². The molecular formula is C12H17ClN2O3. The van der Waals surface area contributed by atoms with Gasteiger partial charge in [0.1, 0.15) is 12.2 Å². The Morgan fingerprint density at radius 1 is 1.44 bits per heavy atom. The molecule has 0 aromatic carbocycles. The highest BCUT2D eigenvalue weighted by Crippen LogP contribution is 2.14. The van der Waals surface area contributed by atoms with Gasteiger partial charge in [-0.25, -0.2) is 0 Å². The van der Waals surface area contributed by atoms with Crippen LogP contribution in [0.5, 0.6) is 0 Å². The smallest absolute Gasteiger partial charge is 0.325 e. The highest BCUT2D eigenvalue weighted by atomic mass is 35.5. The molecule has 6 heteroatoms. The van der Waals surface area contributed by atoms with Crippen molar-refractivity contribution >= 4 is 23.5 Å². The van der Waals surface area contributed by atoms with Crippen LogP contribution in [0.15, 0.2) is 12.3 Å². The number of amides is 1. The molecule has 0 bridgehead atoms. The second kappa shape index (κ2) is 6.44. The number of esters is 1. The van der Waals surface area contributed by atoms with Crippen molar-refractivity contribution in [1.29, 1.82) is 0 Å². The van der Waals surface area contributed by atoms with Gasteiger partial charge < -0.3 is 14.2 Å². The topological polar surface area (TPSA) is 51.5 Å². The quantitative estimate of drug-likeness (QED) is 0.767. The molecule has 0 atom stereocenters. The van der Waals surface area contributed by atoms with Crippen molar-refractivity contribution in [3.05, 3.63) is 23.0 Å². The molecule has 1 heterocycles. The molecule has 0 radical (unpaired) electrons. The lowest BCUT2D eigenvalue weighted by molar-refractivity contribution is -0.143. The molecule has 100 valence electrons. The Balaban J connectivity index is 2.79. The maximum atomic E-state index is 12.2. The monoisotopic (exact) mass is 272 g/mol. The molecular weight excluding hydrogens is 256 g/mol. The van der Waals surface area contributed by atoms with Crippen molar-refractivity contribution in [2.75, 3.05) is 19.7 Å². The van der Waals surface area contributed by atoms with Crippen LogP contribution in [0.4, 0.5) is 0 Å². The number of nitrogens with zero attached hydrogens (tertiary/aromatic N) is 2. The van der Waals surface area contributed by atoms with Gasteiger partial charge in [0.25, 0.3) is 5.91 Å². The van der Waals surface area contributed by atoms with Gasteiger partial charge in [-0.1, -0.05) is 11.6 Å². The van der Waals surface area contributed by atoms with E-state index in [-0.39, 0.29) is 12.5 Å². The first-order chi connectivity index (χ1) is 8.49. The lowest BCUT2D eigenvalue weighted by Gasteiger charge is -2.19. The Kier molecular flexibility index (Phi) is 5.22. The Bertz CT molecular complexity index is 443. The van der Waals surface area contributed by atoms with E-state index in [0.29, 0.717) is 23.9 Å². The third-order valence-electron chi connectivity index (χ3n) is 2.48. The summed E-state index contributed by atoms with van der Waals surface area (Å²) in [6.45, 7) is 4.22. The number of aryl methyl sites for hydroxylation is 1. The fraction of sp³-hybridized carbons (Fsp3) is 0.500. The molecule has 1 aromatic rings. The van der Waals surface area contributed by atoms with Crippen LogP contribution in [0.25, 0.3) is 0 Å². The summed E-state index contributed by atoms with van der Waals surface area (Å²) in [6.07, 6.45) is 1.65. The van der Waals surface area contributed by atoms with E-state index in [9.17, 15) is 9.59 Å². The molecule has 0 aliphatic carbocycles. The highest BCUT2D eigenvalue weighted by Gasteiger charge is 2.20. The summed E-state index contributed by atoms with van der Waals surface area (Å²) in [6, 6.07) is 1.58. The molecule has 18 heavy (non-hydrogen) atoms. The predicted molar refractivity (Wildman–Crippen MR) is 68.6 cm³/mol. The SMILES string of the molecule is CCOC(=O)CN(CC)C(=O)c1cc(Cl)cn1C. The largest absolute Gasteiger partial charge is 0.465 e. The van der Waals surface area contributed by atoms with Crippen LogP contribution in [-0.2, 0) is 16.6 Å². The van der Waals surface area contributed by atoms with Crippen LogP contribution >= 0.6 is 11.6 Å². The van der Waals surface area contributed by atoms with E-state index < -0.39 is 5.97 Å². The van der Waals surface area contributed by atoms with E-state index in [0.717, 1.165) is 0 Å². The number of hydrogen-bond acceptors (Lipinski definition) is 3. The summed E-state index contributed by atoms with van der Waals surface area (Å²) in [7, 11) is 1.73. The summed E-state index contributed by atoms with van der Waals surface area (Å²) < 4.78 is 6.47. The number of hydrogen-bond donors (Lipinski definition) is 0. The first-order valence-corrected chi connectivity index (χ1v) is 6.14. The molecule has 0 N–H and O–H groups in total. The van der Waals surface area contributed by atoms with Gasteiger partial charge in [0.05, 0.1) is 11.6 Å². The van der Waals surface area contributed by atoms with Crippen LogP contribution in [0.3, 0.4) is 0 Å². The average Bonchev–Trinajstić information content (AvgIpc) is 2.65. The zero-order valence-electron chi connectivity index (χ0n) is 10.8. The predicted octanol–water partition coefficient (Wildman–Crippen LogP) is 1.70. The van der Waals surface area contributed by atoms with Crippen LogP contribution < -0.4 is 0 Å². The summed E-state index contributed by atoms with van der Waals surface area (Å²) in [5, 5.41) is 0.494. The van der Waals surface area contributed by atoms with Gasteiger partial charge in [0, 0.05) is 19.8 Å². The number of carbonyl (C=O) groups is 2. The van der Waals surface area contributed by atoms with Crippen LogP contribution in [-0.4, -0.2) is 41.0 Å². The van der Waals surface area contributed by atoms with E-state index in [4.69, 9.17) is 16.3 Å². The van der Waals surface area contributed by atoms with Crippen molar-refractivity contribution < 1.29 is 14.3 Å². The minimum Gasteiger partial charge on any atom is -0.465 e. The van der Waals surface area contributed by atoms with E-state index >= 15 is 0 Å². The van der Waals surface area contributed by atoms with Crippen molar-refractivity contribution in [2.45, 2.75) is 13.8 Å². The van der Waals surface area contributed by atoms with Gasteiger partial charge in [-0.15, -0.1) is 0 Å². The van der Waals surface area contributed by atoms with Crippen molar-refractivity contribution in [3.63, 3.8) is 0 Å². The Labute approximate surface area is 111 Å². The fourth-order valence-electron chi connectivity index (χ4n) is 1.59. The number of aromatic nitrogens is 1. The van der Waals surface area contributed by atoms with Gasteiger partial charge in [0.2, 0.25) is 0 Å². The first kappa shape index (κ1) is 14.6. The summed E-state index contributed by atoms with van der Waals surface area (Å²) >= 11 is 5.83. The third kappa shape index (κ3) is 3.50. The van der Waals surface area contributed by atoms with E-state index in [1.54, 1.807) is 30.8 Å². The molecule has 0 aliphatic rings. The van der Waals surface area contributed by atoms with Crippen molar-refractivity contribution in [3.8, 4) is 0 Å². The van der Waals surface area contributed by atoms with Crippen LogP contribution in [0.1, 0.15) is 24.3 Å². The normalized spacial score (nSPS) is 10.2. The van der Waals surface area contributed by atoms with Crippen LogP contribution in [0, 0.1) is 0 Å². The van der Waals surface area contributed by atoms with E-state index in [2.05, 4.69) is 0 Å². The molecule has 0 spiro atoms. The Morgan fingerprint density at radius 2 is 2.11 bits per heavy atom. The van der Waals surface area contributed by atoms with Gasteiger partial charge in [-0.05, 0) is 19.9 Å². The minimum absolute atomic E-state index is 0.0496.